The summed E-state index contributed by atoms with van der Waals surface area (Å²) in [6, 6.07) is 5.70. The van der Waals surface area contributed by atoms with Gasteiger partial charge < -0.3 is 14.6 Å². The maximum atomic E-state index is 12.6. The number of furan rings is 1. The molecule has 6 heteroatoms. The number of aromatic nitrogens is 1. The second kappa shape index (κ2) is 6.74. The lowest BCUT2D eigenvalue weighted by atomic mass is 10.0. The molecule has 1 aliphatic rings. The summed E-state index contributed by atoms with van der Waals surface area (Å²) < 4.78 is 5.34. The molecule has 1 atom stereocenters. The van der Waals surface area contributed by atoms with Crippen LogP contribution in [0.4, 0.5) is 0 Å². The third-order valence-electron chi connectivity index (χ3n) is 3.63. The Hall–Kier alpha value is -1.85. The van der Waals surface area contributed by atoms with Crippen LogP contribution < -0.4 is 5.32 Å². The number of carbonyl (C=O) groups is 1. The van der Waals surface area contributed by atoms with Crippen LogP contribution in [-0.4, -0.2) is 35.4 Å². The fourth-order valence-corrected chi connectivity index (χ4v) is 2.54. The number of nitrogens with one attached hydrogen (secondary N) is 1. The average molecular weight is 308 g/mol. The van der Waals surface area contributed by atoms with Gasteiger partial charge in [0.05, 0.1) is 12.3 Å². The molecule has 0 aromatic carbocycles. The highest BCUT2D eigenvalue weighted by molar-refractivity contribution is 5.93. The van der Waals surface area contributed by atoms with Crippen LogP contribution in [0, 0.1) is 6.92 Å². The van der Waals surface area contributed by atoms with Crippen molar-refractivity contribution in [2.45, 2.75) is 13.0 Å². The summed E-state index contributed by atoms with van der Waals surface area (Å²) >= 11 is 0. The van der Waals surface area contributed by atoms with E-state index in [1.165, 1.54) is 0 Å². The molecule has 2 aromatic rings. The number of pyridine rings is 1. The normalized spacial score (nSPS) is 18.1. The Balaban J connectivity index is 0.00000161. The Labute approximate surface area is 129 Å². The lowest BCUT2D eigenvalue weighted by molar-refractivity contribution is 0.0600. The topological polar surface area (TPSA) is 58.4 Å². The molecule has 0 saturated carbocycles. The standard InChI is InChI=1S/C15H17N3O2.ClH/c1-11-4-8-20-14(11)15(19)18-7-6-17-10-13(18)12-3-2-5-16-9-12;/h2-5,8-9,13,17H,6-7,10H2,1H3;1H. The van der Waals surface area contributed by atoms with E-state index in [9.17, 15) is 4.79 Å². The molecule has 21 heavy (non-hydrogen) atoms. The van der Waals surface area contributed by atoms with Crippen molar-refractivity contribution in [3.8, 4) is 0 Å². The highest BCUT2D eigenvalue weighted by atomic mass is 35.5. The molecular weight excluding hydrogens is 290 g/mol. The van der Waals surface area contributed by atoms with Crippen LogP contribution in [0.3, 0.4) is 0 Å². The second-order valence-electron chi connectivity index (χ2n) is 4.94. The minimum atomic E-state index is -0.0529. The quantitative estimate of drug-likeness (QED) is 0.924. The van der Waals surface area contributed by atoms with Crippen molar-refractivity contribution < 1.29 is 9.21 Å². The van der Waals surface area contributed by atoms with Gasteiger partial charge >= 0.3 is 0 Å². The summed E-state index contributed by atoms with van der Waals surface area (Å²) in [7, 11) is 0. The Kier molecular flexibility index (Phi) is 4.98. The number of hydrogen-bond acceptors (Lipinski definition) is 4. The van der Waals surface area contributed by atoms with Crippen molar-refractivity contribution in [3.63, 3.8) is 0 Å². The van der Waals surface area contributed by atoms with Gasteiger partial charge in [0, 0.05) is 37.6 Å². The molecule has 2 aromatic heterocycles. The lowest BCUT2D eigenvalue weighted by Gasteiger charge is -2.36. The number of rotatable bonds is 2. The van der Waals surface area contributed by atoms with Gasteiger partial charge in [-0.05, 0) is 24.6 Å². The molecule has 1 saturated heterocycles. The smallest absolute Gasteiger partial charge is 0.290 e. The zero-order chi connectivity index (χ0) is 13.9. The van der Waals surface area contributed by atoms with E-state index in [4.69, 9.17) is 4.42 Å². The van der Waals surface area contributed by atoms with Gasteiger partial charge in [0.2, 0.25) is 0 Å². The molecule has 0 spiro atoms. The van der Waals surface area contributed by atoms with E-state index in [1.54, 1.807) is 12.5 Å². The van der Waals surface area contributed by atoms with Crippen molar-refractivity contribution >= 4 is 18.3 Å². The first kappa shape index (κ1) is 15.5. The average Bonchev–Trinajstić information content (AvgIpc) is 2.93. The lowest BCUT2D eigenvalue weighted by Crippen LogP contribution is -2.48. The molecule has 5 nitrogen and oxygen atoms in total. The van der Waals surface area contributed by atoms with Crippen LogP contribution in [0.2, 0.25) is 0 Å². The SMILES string of the molecule is Cc1ccoc1C(=O)N1CCNCC1c1cccnc1.Cl. The molecule has 0 bridgehead atoms. The molecule has 1 unspecified atom stereocenters. The highest BCUT2D eigenvalue weighted by Crippen LogP contribution is 2.24. The number of amides is 1. The minimum absolute atomic E-state index is 0. The van der Waals surface area contributed by atoms with Crippen molar-refractivity contribution in [1.29, 1.82) is 0 Å². The van der Waals surface area contributed by atoms with E-state index in [1.807, 2.05) is 36.2 Å². The zero-order valence-corrected chi connectivity index (χ0v) is 12.6. The Morgan fingerprint density at radius 3 is 3.00 bits per heavy atom. The molecule has 1 amide bonds. The monoisotopic (exact) mass is 307 g/mol. The maximum Gasteiger partial charge on any atom is 0.290 e. The number of piperazine rings is 1. The minimum Gasteiger partial charge on any atom is -0.459 e. The van der Waals surface area contributed by atoms with Crippen molar-refractivity contribution in [3.05, 3.63) is 53.7 Å². The zero-order valence-electron chi connectivity index (χ0n) is 11.8. The fraction of sp³-hybridized carbons (Fsp3) is 0.333. The fourth-order valence-electron chi connectivity index (χ4n) is 2.54. The summed E-state index contributed by atoms with van der Waals surface area (Å²) in [4.78, 5) is 18.7. The Bertz CT molecular complexity index is 600. The van der Waals surface area contributed by atoms with E-state index in [-0.39, 0.29) is 24.4 Å². The van der Waals surface area contributed by atoms with Gasteiger partial charge in [-0.1, -0.05) is 6.07 Å². The van der Waals surface area contributed by atoms with Crippen LogP contribution in [0.15, 0.2) is 41.3 Å². The van der Waals surface area contributed by atoms with Crippen LogP contribution in [0.25, 0.3) is 0 Å². The van der Waals surface area contributed by atoms with Crippen molar-refractivity contribution in [2.75, 3.05) is 19.6 Å². The third-order valence-corrected chi connectivity index (χ3v) is 3.63. The molecule has 0 radical (unpaired) electrons. The summed E-state index contributed by atoms with van der Waals surface area (Å²) in [5.41, 5.74) is 1.91. The number of carbonyl (C=O) groups excluding carboxylic acids is 1. The number of hydrogen-bond donors (Lipinski definition) is 1. The van der Waals surface area contributed by atoms with E-state index in [0.29, 0.717) is 12.3 Å². The van der Waals surface area contributed by atoms with Crippen molar-refractivity contribution in [2.24, 2.45) is 0 Å². The molecule has 0 aliphatic carbocycles. The van der Waals surface area contributed by atoms with E-state index in [0.717, 1.165) is 24.2 Å². The summed E-state index contributed by atoms with van der Waals surface area (Å²) in [5, 5.41) is 3.33. The van der Waals surface area contributed by atoms with Crippen LogP contribution in [-0.2, 0) is 0 Å². The predicted molar refractivity (Wildman–Crippen MR) is 81.6 cm³/mol. The molecule has 3 rings (SSSR count). The molecule has 112 valence electrons. The summed E-state index contributed by atoms with van der Waals surface area (Å²) in [5.74, 6) is 0.378. The number of aryl methyl sites for hydroxylation is 1. The number of nitrogens with zero attached hydrogens (tertiary/aromatic N) is 2. The van der Waals surface area contributed by atoms with Crippen LogP contribution in [0.5, 0.6) is 0 Å². The van der Waals surface area contributed by atoms with E-state index >= 15 is 0 Å². The highest BCUT2D eigenvalue weighted by Gasteiger charge is 2.30. The Morgan fingerprint density at radius 1 is 1.48 bits per heavy atom. The summed E-state index contributed by atoms with van der Waals surface area (Å²) in [6.07, 6.45) is 5.11. The first-order valence-corrected chi connectivity index (χ1v) is 6.73. The molecule has 3 heterocycles. The van der Waals surface area contributed by atoms with Crippen LogP contribution in [0.1, 0.15) is 27.7 Å². The maximum absolute atomic E-state index is 12.6. The first-order valence-electron chi connectivity index (χ1n) is 6.73. The molecule has 1 aliphatic heterocycles. The van der Waals surface area contributed by atoms with E-state index < -0.39 is 0 Å². The second-order valence-corrected chi connectivity index (χ2v) is 4.94. The van der Waals surface area contributed by atoms with Gasteiger partial charge in [-0.3, -0.25) is 9.78 Å². The van der Waals surface area contributed by atoms with E-state index in [2.05, 4.69) is 10.3 Å². The summed E-state index contributed by atoms with van der Waals surface area (Å²) in [6.45, 7) is 4.08. The van der Waals surface area contributed by atoms with Gasteiger partial charge in [0.15, 0.2) is 5.76 Å². The first-order chi connectivity index (χ1) is 9.77. The van der Waals surface area contributed by atoms with Crippen LogP contribution >= 0.6 is 12.4 Å². The van der Waals surface area contributed by atoms with Gasteiger partial charge in [-0.25, -0.2) is 0 Å². The van der Waals surface area contributed by atoms with Gasteiger partial charge in [-0.15, -0.1) is 12.4 Å². The van der Waals surface area contributed by atoms with Crippen molar-refractivity contribution in [1.82, 2.24) is 15.2 Å². The van der Waals surface area contributed by atoms with Gasteiger partial charge in [0.25, 0.3) is 5.91 Å². The molecule has 1 fully saturated rings. The molecule has 1 N–H and O–H groups in total. The largest absolute Gasteiger partial charge is 0.459 e. The number of halogens is 1. The predicted octanol–water partition coefficient (Wildman–Crippen LogP) is 2.19. The Morgan fingerprint density at radius 2 is 2.33 bits per heavy atom. The van der Waals surface area contributed by atoms with Gasteiger partial charge in [0.1, 0.15) is 0 Å². The third kappa shape index (κ3) is 3.09. The van der Waals surface area contributed by atoms with Gasteiger partial charge in [-0.2, -0.15) is 0 Å². The molecular formula is C15H18ClN3O2.